The van der Waals surface area contributed by atoms with Gasteiger partial charge in [-0.2, -0.15) is 0 Å². The Kier molecular flexibility index (Phi) is 3.73. The number of hydrogen-bond acceptors (Lipinski definition) is 9. The maximum atomic E-state index is 13.1. The van der Waals surface area contributed by atoms with Crippen LogP contribution in [0, 0.1) is 16.7 Å². The number of rotatable bonds is 3. The average Bonchev–Trinajstić information content (AvgIpc) is 3.37. The van der Waals surface area contributed by atoms with Gasteiger partial charge in [-0.3, -0.25) is 4.79 Å². The van der Waals surface area contributed by atoms with Gasteiger partial charge in [0.1, 0.15) is 39.5 Å². The van der Waals surface area contributed by atoms with Crippen LogP contribution in [0.5, 0.6) is 0 Å². The molecule has 6 fully saturated rings. The van der Waals surface area contributed by atoms with Crippen molar-refractivity contribution in [2.45, 2.75) is 93.3 Å². The Labute approximate surface area is 195 Å². The van der Waals surface area contributed by atoms with Crippen molar-refractivity contribution < 1.29 is 44.6 Å². The van der Waals surface area contributed by atoms with E-state index in [-0.39, 0.29) is 30.7 Å². The summed E-state index contributed by atoms with van der Waals surface area (Å²) in [6.07, 6.45) is -1.15. The van der Waals surface area contributed by atoms with E-state index in [1.165, 1.54) is 26.1 Å². The molecule has 1 aromatic heterocycles. The third-order valence-electron chi connectivity index (χ3n) is 10.7. The largest absolute Gasteiger partial charge is 0.451 e. The first-order valence-corrected chi connectivity index (χ1v) is 11.8. The molecule has 10 nitrogen and oxygen atoms in total. The van der Waals surface area contributed by atoms with Crippen LogP contribution in [0.1, 0.15) is 63.9 Å². The average molecular weight is 478 g/mol. The first kappa shape index (κ1) is 22.6. The van der Waals surface area contributed by atoms with Crippen molar-refractivity contribution in [1.82, 2.24) is 4.98 Å². The summed E-state index contributed by atoms with van der Waals surface area (Å²) in [6, 6.07) is 3.05. The van der Waals surface area contributed by atoms with E-state index in [0.29, 0.717) is 0 Å². The van der Waals surface area contributed by atoms with E-state index >= 15 is 0 Å². The second-order valence-corrected chi connectivity index (χ2v) is 11.7. The Bertz CT molecular complexity index is 1140. The molecule has 186 valence electrons. The Balaban J connectivity index is 1.68. The molecule has 0 unspecified atom stereocenters. The molecule has 6 bridgehead atoms. The summed E-state index contributed by atoms with van der Waals surface area (Å²) in [5.41, 5.74) is -14.9. The topological polar surface area (TPSA) is 170 Å². The van der Waals surface area contributed by atoms with Crippen molar-refractivity contribution >= 4 is 11.8 Å². The number of carbonyl (C=O) groups is 2. The van der Waals surface area contributed by atoms with Crippen molar-refractivity contribution in [3.63, 3.8) is 0 Å². The molecule has 0 aromatic carbocycles. The monoisotopic (exact) mass is 477 g/mol. The molecule has 0 radical (unpaired) electrons. The molecular weight excluding hydrogens is 446 g/mol. The second kappa shape index (κ2) is 5.61. The molecule has 6 aliphatic rings. The zero-order valence-corrected chi connectivity index (χ0v) is 19.6. The minimum absolute atomic E-state index is 0.000118. The number of ketones is 1. The van der Waals surface area contributed by atoms with Crippen LogP contribution < -0.4 is 0 Å². The summed E-state index contributed by atoms with van der Waals surface area (Å²) in [4.78, 5) is 28.5. The van der Waals surface area contributed by atoms with Gasteiger partial charge in [0.05, 0.1) is 5.41 Å². The molecule has 10 heteroatoms. The van der Waals surface area contributed by atoms with Crippen LogP contribution in [0.25, 0.3) is 0 Å². The Hall–Kier alpha value is -1.82. The third-order valence-corrected chi connectivity index (χ3v) is 10.7. The van der Waals surface area contributed by atoms with E-state index in [0.717, 1.165) is 0 Å². The molecule has 6 N–H and O–H groups in total. The lowest BCUT2D eigenvalue weighted by molar-refractivity contribution is -0.374. The Morgan fingerprint density at radius 3 is 2.47 bits per heavy atom. The van der Waals surface area contributed by atoms with Gasteiger partial charge in [0, 0.05) is 30.9 Å². The zero-order chi connectivity index (χ0) is 25.0. The SMILES string of the molecule is CC(C)[C@@]1(O)[C@@H](OC(=O)c2ccc[nH]2)[C@@]2(O)[C@@]3(C)C[C@]4(O)O[C@@]5(CC(=O)CC[C@]35O)[C@@]2(O)[C@]14C. The molecular formula is C24H31NO9. The second-order valence-electron chi connectivity index (χ2n) is 11.7. The number of ether oxygens (including phenoxy) is 2. The van der Waals surface area contributed by atoms with Crippen LogP contribution in [0.4, 0.5) is 0 Å². The fraction of sp³-hybridized carbons (Fsp3) is 0.750. The zero-order valence-electron chi connectivity index (χ0n) is 19.6. The Morgan fingerprint density at radius 2 is 1.88 bits per heavy atom. The highest BCUT2D eigenvalue weighted by Gasteiger charge is 3.09. The lowest BCUT2D eigenvalue weighted by atomic mass is 9.52. The molecule has 1 spiro atoms. The number of esters is 1. The van der Waals surface area contributed by atoms with E-state index < -0.39 is 69.0 Å². The summed E-state index contributed by atoms with van der Waals surface area (Å²) >= 11 is 0. The van der Waals surface area contributed by atoms with Crippen LogP contribution in [0.2, 0.25) is 0 Å². The first-order chi connectivity index (χ1) is 15.6. The van der Waals surface area contributed by atoms with Gasteiger partial charge in [0.2, 0.25) is 0 Å². The van der Waals surface area contributed by atoms with Gasteiger partial charge in [-0.05, 0) is 31.4 Å². The van der Waals surface area contributed by atoms with Crippen LogP contribution in [-0.2, 0) is 14.3 Å². The van der Waals surface area contributed by atoms with E-state index in [2.05, 4.69) is 4.98 Å². The van der Waals surface area contributed by atoms with E-state index in [4.69, 9.17) is 9.47 Å². The number of aliphatic hydroxyl groups is 5. The van der Waals surface area contributed by atoms with Crippen LogP contribution in [0.15, 0.2) is 18.3 Å². The summed E-state index contributed by atoms with van der Waals surface area (Å²) in [5.74, 6) is -4.16. The quantitative estimate of drug-likeness (QED) is 0.322. The number of Topliss-reactive ketones (excluding diaryl/α,β-unsaturated/α-hetero) is 1. The molecule has 1 aromatic rings. The van der Waals surface area contributed by atoms with Gasteiger partial charge in [0.15, 0.2) is 11.9 Å². The number of H-pyrrole nitrogens is 1. The van der Waals surface area contributed by atoms with Crippen LogP contribution in [0.3, 0.4) is 0 Å². The molecule has 9 atom stereocenters. The van der Waals surface area contributed by atoms with Gasteiger partial charge in [-0.25, -0.2) is 4.79 Å². The molecule has 3 heterocycles. The van der Waals surface area contributed by atoms with Crippen LogP contribution in [-0.4, -0.2) is 82.2 Å². The highest BCUT2D eigenvalue weighted by atomic mass is 16.7. The maximum absolute atomic E-state index is 13.1. The lowest BCUT2D eigenvalue weighted by Crippen LogP contribution is -2.73. The fourth-order valence-corrected chi connectivity index (χ4v) is 9.18. The highest BCUT2D eigenvalue weighted by molar-refractivity contribution is 5.88. The molecule has 34 heavy (non-hydrogen) atoms. The number of carbonyl (C=O) groups excluding carboxylic acids is 2. The molecule has 4 aliphatic carbocycles. The number of aromatic amines is 1. The van der Waals surface area contributed by atoms with E-state index in [1.807, 2.05) is 0 Å². The molecule has 2 saturated heterocycles. The number of hydrogen-bond donors (Lipinski definition) is 6. The predicted molar refractivity (Wildman–Crippen MR) is 113 cm³/mol. The summed E-state index contributed by atoms with van der Waals surface area (Å²) in [6.45, 7) is 6.14. The fourth-order valence-electron chi connectivity index (χ4n) is 9.18. The van der Waals surface area contributed by atoms with Gasteiger partial charge >= 0.3 is 5.97 Å². The third kappa shape index (κ3) is 1.61. The Morgan fingerprint density at radius 1 is 1.21 bits per heavy atom. The smallest absolute Gasteiger partial charge is 0.355 e. The number of nitrogens with one attached hydrogen (secondary N) is 1. The summed E-state index contributed by atoms with van der Waals surface area (Å²) < 4.78 is 11.9. The standard InChI is InChI=1S/C24H31NO9/c1-12(2)22(30)16(33-15(27)14-6-5-9-25-14)23(31)17(3)11-21(29)18(22,4)24(23,32)20(34-21)10-13(26)7-8-19(17,20)28/h5-6,9,12,16,25,28-32H,7-8,10-11H2,1-4H3/t16-,17+,18+,19+,20-,21+,22-,23-,24+/m1/s1. The molecule has 0 amide bonds. The lowest BCUT2D eigenvalue weighted by Gasteiger charge is -2.59. The maximum Gasteiger partial charge on any atom is 0.355 e. The summed E-state index contributed by atoms with van der Waals surface area (Å²) in [7, 11) is 0. The highest BCUT2D eigenvalue weighted by Crippen LogP contribution is 2.90. The minimum atomic E-state index is -2.53. The van der Waals surface area contributed by atoms with Crippen molar-refractivity contribution in [2.75, 3.05) is 0 Å². The van der Waals surface area contributed by atoms with Gasteiger partial charge in [-0.15, -0.1) is 0 Å². The predicted octanol–water partition coefficient (Wildman–Crippen LogP) is -0.225. The van der Waals surface area contributed by atoms with Crippen molar-refractivity contribution in [1.29, 1.82) is 0 Å². The molecule has 2 aliphatic heterocycles. The molecule has 4 saturated carbocycles. The van der Waals surface area contributed by atoms with E-state index in [9.17, 15) is 35.1 Å². The van der Waals surface area contributed by atoms with Gasteiger partial charge in [0.25, 0.3) is 0 Å². The number of aromatic nitrogens is 1. The van der Waals surface area contributed by atoms with Gasteiger partial charge < -0.3 is 40.0 Å². The van der Waals surface area contributed by atoms with Crippen molar-refractivity contribution in [3.05, 3.63) is 24.0 Å². The van der Waals surface area contributed by atoms with Crippen LogP contribution >= 0.6 is 0 Å². The van der Waals surface area contributed by atoms with Crippen molar-refractivity contribution in [3.8, 4) is 0 Å². The summed E-state index contributed by atoms with van der Waals surface area (Å²) in [5, 5.41) is 61.7. The molecule has 7 rings (SSSR count). The minimum Gasteiger partial charge on any atom is -0.451 e. The van der Waals surface area contributed by atoms with Gasteiger partial charge in [-0.1, -0.05) is 20.8 Å². The van der Waals surface area contributed by atoms with Crippen molar-refractivity contribution in [2.24, 2.45) is 16.7 Å². The normalized spacial score (nSPS) is 56.9. The first-order valence-electron chi connectivity index (χ1n) is 11.8. The van der Waals surface area contributed by atoms with E-state index in [1.54, 1.807) is 19.9 Å².